The van der Waals surface area contributed by atoms with Crippen LogP contribution in [0.4, 0.5) is 5.69 Å². The fraction of sp³-hybridized carbons (Fsp3) is 0.647. The summed E-state index contributed by atoms with van der Waals surface area (Å²) in [7, 11) is 1.57. The minimum absolute atomic E-state index is 0.00596. The van der Waals surface area contributed by atoms with E-state index in [-0.39, 0.29) is 17.9 Å². The third-order valence-electron chi connectivity index (χ3n) is 4.73. The molecule has 0 aliphatic carbocycles. The van der Waals surface area contributed by atoms with Crippen molar-refractivity contribution < 1.29 is 14.3 Å². The maximum atomic E-state index is 12.2. The standard InChI is InChI=1S/C17H25N3O3/c1-22-11-16(21)20-7-3-5-17(13-20)12-19(8-9-23-14-17)15-4-2-6-18-10-15/h2,4,6,10H,3,5,7-9,11-14H2,1H3. The molecule has 1 unspecified atom stereocenters. The van der Waals surface area contributed by atoms with Gasteiger partial charge < -0.3 is 19.3 Å². The number of methoxy groups -OCH3 is 1. The summed E-state index contributed by atoms with van der Waals surface area (Å²) in [6.45, 7) is 4.89. The molecule has 2 aliphatic rings. The van der Waals surface area contributed by atoms with Crippen LogP contribution >= 0.6 is 0 Å². The molecule has 3 heterocycles. The summed E-state index contributed by atoms with van der Waals surface area (Å²) in [6.07, 6.45) is 5.79. The number of anilines is 1. The summed E-state index contributed by atoms with van der Waals surface area (Å²) < 4.78 is 10.9. The van der Waals surface area contributed by atoms with Gasteiger partial charge in [0.15, 0.2) is 0 Å². The van der Waals surface area contributed by atoms with Gasteiger partial charge >= 0.3 is 0 Å². The van der Waals surface area contributed by atoms with Gasteiger partial charge in [0.2, 0.25) is 5.91 Å². The molecule has 0 bridgehead atoms. The highest BCUT2D eigenvalue weighted by molar-refractivity contribution is 5.77. The molecule has 1 spiro atoms. The first-order chi connectivity index (χ1) is 11.2. The zero-order chi connectivity index (χ0) is 16.1. The summed E-state index contributed by atoms with van der Waals surface area (Å²) in [4.78, 5) is 20.7. The van der Waals surface area contributed by atoms with Gasteiger partial charge in [0.05, 0.1) is 25.1 Å². The van der Waals surface area contributed by atoms with E-state index >= 15 is 0 Å². The first-order valence-corrected chi connectivity index (χ1v) is 8.22. The Morgan fingerprint density at radius 1 is 1.43 bits per heavy atom. The van der Waals surface area contributed by atoms with Gasteiger partial charge in [-0.3, -0.25) is 9.78 Å². The summed E-state index contributed by atoms with van der Waals surface area (Å²) >= 11 is 0. The van der Waals surface area contributed by atoms with Gasteiger partial charge in [-0.05, 0) is 25.0 Å². The lowest BCUT2D eigenvalue weighted by atomic mass is 9.80. The Balaban J connectivity index is 1.75. The molecule has 3 rings (SSSR count). The number of amides is 1. The second-order valence-electron chi connectivity index (χ2n) is 6.54. The van der Waals surface area contributed by atoms with Crippen LogP contribution in [0.3, 0.4) is 0 Å². The van der Waals surface area contributed by atoms with Crippen molar-refractivity contribution in [1.82, 2.24) is 9.88 Å². The zero-order valence-corrected chi connectivity index (χ0v) is 13.7. The Labute approximate surface area is 137 Å². The van der Waals surface area contributed by atoms with E-state index in [1.54, 1.807) is 13.3 Å². The maximum absolute atomic E-state index is 12.2. The molecule has 2 fully saturated rings. The van der Waals surface area contributed by atoms with Crippen molar-refractivity contribution in [1.29, 1.82) is 0 Å². The number of piperidine rings is 1. The van der Waals surface area contributed by atoms with Crippen LogP contribution in [0.15, 0.2) is 24.5 Å². The average molecular weight is 319 g/mol. The molecule has 126 valence electrons. The van der Waals surface area contributed by atoms with Crippen LogP contribution in [0.1, 0.15) is 12.8 Å². The molecule has 1 amide bonds. The van der Waals surface area contributed by atoms with Crippen molar-refractivity contribution in [2.45, 2.75) is 12.8 Å². The summed E-state index contributed by atoms with van der Waals surface area (Å²) in [6, 6.07) is 4.05. The SMILES string of the molecule is COCC(=O)N1CCCC2(COCCN(c3cccnc3)C2)C1. The fourth-order valence-corrected chi connectivity index (χ4v) is 3.64. The molecule has 0 radical (unpaired) electrons. The molecule has 6 nitrogen and oxygen atoms in total. The molecule has 0 aromatic carbocycles. The van der Waals surface area contributed by atoms with Crippen LogP contribution in [0, 0.1) is 5.41 Å². The summed E-state index contributed by atoms with van der Waals surface area (Å²) in [5, 5.41) is 0. The third kappa shape index (κ3) is 3.82. The van der Waals surface area contributed by atoms with Crippen LogP contribution in [0.25, 0.3) is 0 Å². The first-order valence-electron chi connectivity index (χ1n) is 8.22. The van der Waals surface area contributed by atoms with Crippen molar-refractivity contribution in [2.75, 3.05) is 58.0 Å². The van der Waals surface area contributed by atoms with E-state index in [0.29, 0.717) is 13.2 Å². The van der Waals surface area contributed by atoms with Gasteiger partial charge in [-0.25, -0.2) is 0 Å². The largest absolute Gasteiger partial charge is 0.379 e. The van der Waals surface area contributed by atoms with Crippen molar-refractivity contribution in [3.63, 3.8) is 0 Å². The first kappa shape index (κ1) is 16.2. The van der Waals surface area contributed by atoms with Crippen LogP contribution in [-0.4, -0.2) is 68.9 Å². The lowest BCUT2D eigenvalue weighted by Crippen LogP contribution is -2.52. The summed E-state index contributed by atoms with van der Waals surface area (Å²) in [5.74, 6) is 0.0729. The van der Waals surface area contributed by atoms with Gasteiger partial charge in [0, 0.05) is 44.9 Å². The molecule has 0 N–H and O–H groups in total. The topological polar surface area (TPSA) is 54.9 Å². The molecule has 1 atom stereocenters. The van der Waals surface area contributed by atoms with Gasteiger partial charge in [-0.15, -0.1) is 0 Å². The second-order valence-corrected chi connectivity index (χ2v) is 6.54. The third-order valence-corrected chi connectivity index (χ3v) is 4.73. The molecule has 1 aromatic heterocycles. The molecular formula is C17H25N3O3. The van der Waals surface area contributed by atoms with Crippen molar-refractivity contribution in [3.05, 3.63) is 24.5 Å². The number of carbonyl (C=O) groups is 1. The number of hydrogen-bond acceptors (Lipinski definition) is 5. The van der Waals surface area contributed by atoms with Gasteiger partial charge in [-0.2, -0.15) is 0 Å². The van der Waals surface area contributed by atoms with Crippen molar-refractivity contribution in [3.8, 4) is 0 Å². The number of nitrogens with zero attached hydrogens (tertiary/aromatic N) is 3. The molecule has 2 aliphatic heterocycles. The highest BCUT2D eigenvalue weighted by Crippen LogP contribution is 2.34. The quantitative estimate of drug-likeness (QED) is 0.837. The Hall–Kier alpha value is -1.66. The predicted molar refractivity (Wildman–Crippen MR) is 87.4 cm³/mol. The van der Waals surface area contributed by atoms with Crippen LogP contribution in [0.5, 0.6) is 0 Å². The summed E-state index contributed by atoms with van der Waals surface area (Å²) in [5.41, 5.74) is 1.12. The molecule has 0 saturated carbocycles. The zero-order valence-electron chi connectivity index (χ0n) is 13.7. The Bertz CT molecular complexity index is 525. The van der Waals surface area contributed by atoms with E-state index in [1.807, 2.05) is 17.2 Å². The fourth-order valence-electron chi connectivity index (χ4n) is 3.64. The predicted octanol–water partition coefficient (Wildman–Crippen LogP) is 1.17. The molecule has 1 aromatic rings. The van der Waals surface area contributed by atoms with E-state index in [0.717, 1.165) is 44.7 Å². The number of ether oxygens (including phenoxy) is 2. The van der Waals surface area contributed by atoms with Crippen molar-refractivity contribution in [2.24, 2.45) is 5.41 Å². The number of aromatic nitrogens is 1. The monoisotopic (exact) mass is 319 g/mol. The lowest BCUT2D eigenvalue weighted by Gasteiger charge is -2.43. The highest BCUT2D eigenvalue weighted by atomic mass is 16.5. The van der Waals surface area contributed by atoms with E-state index in [2.05, 4.69) is 16.0 Å². The number of carbonyl (C=O) groups excluding carboxylic acids is 1. The molecule has 23 heavy (non-hydrogen) atoms. The Kier molecular flexibility index (Phi) is 5.13. The molecule has 2 saturated heterocycles. The normalized spacial score (nSPS) is 25.4. The average Bonchev–Trinajstić information content (AvgIpc) is 2.79. The highest BCUT2D eigenvalue weighted by Gasteiger charge is 2.40. The van der Waals surface area contributed by atoms with Gasteiger partial charge in [-0.1, -0.05) is 0 Å². The Morgan fingerprint density at radius 2 is 2.35 bits per heavy atom. The number of hydrogen-bond donors (Lipinski definition) is 0. The maximum Gasteiger partial charge on any atom is 0.248 e. The Morgan fingerprint density at radius 3 is 3.13 bits per heavy atom. The second kappa shape index (κ2) is 7.27. The van der Waals surface area contributed by atoms with E-state index in [4.69, 9.17) is 9.47 Å². The number of rotatable bonds is 3. The molecular weight excluding hydrogens is 294 g/mol. The van der Waals surface area contributed by atoms with E-state index in [9.17, 15) is 4.79 Å². The van der Waals surface area contributed by atoms with Crippen LogP contribution in [-0.2, 0) is 14.3 Å². The number of pyridine rings is 1. The molecule has 6 heteroatoms. The van der Waals surface area contributed by atoms with Crippen LogP contribution < -0.4 is 4.90 Å². The smallest absolute Gasteiger partial charge is 0.248 e. The lowest BCUT2D eigenvalue weighted by molar-refractivity contribution is -0.139. The van der Waals surface area contributed by atoms with E-state index in [1.165, 1.54) is 0 Å². The minimum Gasteiger partial charge on any atom is -0.379 e. The van der Waals surface area contributed by atoms with Gasteiger partial charge in [0.25, 0.3) is 0 Å². The van der Waals surface area contributed by atoms with Crippen molar-refractivity contribution >= 4 is 11.6 Å². The van der Waals surface area contributed by atoms with Crippen LogP contribution in [0.2, 0.25) is 0 Å². The van der Waals surface area contributed by atoms with E-state index < -0.39 is 0 Å². The minimum atomic E-state index is -0.00596. The van der Waals surface area contributed by atoms with Gasteiger partial charge in [0.1, 0.15) is 6.61 Å². The number of likely N-dealkylation sites (tertiary alicyclic amines) is 1.